The average molecular weight is 277 g/mol. The van der Waals surface area contributed by atoms with E-state index in [1.165, 1.54) is 6.92 Å². The highest BCUT2D eigenvalue weighted by atomic mass is 16.7. The molecule has 0 saturated carbocycles. The molecule has 7 heteroatoms. The van der Waals surface area contributed by atoms with E-state index in [0.29, 0.717) is 0 Å². The van der Waals surface area contributed by atoms with E-state index in [9.17, 15) is 15.0 Å². The van der Waals surface area contributed by atoms with E-state index in [2.05, 4.69) is 5.32 Å². The molecule has 1 fully saturated rings. The molecule has 1 heterocycles. The Morgan fingerprint density at radius 3 is 2.32 bits per heavy atom. The van der Waals surface area contributed by atoms with Gasteiger partial charge in [-0.25, -0.2) is 0 Å². The van der Waals surface area contributed by atoms with Crippen LogP contribution in [-0.4, -0.2) is 64.1 Å². The summed E-state index contributed by atoms with van der Waals surface area (Å²) in [6.45, 7) is 6.24. The summed E-state index contributed by atoms with van der Waals surface area (Å²) in [5, 5.41) is 31.4. The van der Waals surface area contributed by atoms with Crippen molar-refractivity contribution in [3.63, 3.8) is 0 Å². The molecule has 0 aromatic rings. The van der Waals surface area contributed by atoms with E-state index in [-0.39, 0.29) is 5.91 Å². The first-order chi connectivity index (χ1) is 8.65. The summed E-state index contributed by atoms with van der Waals surface area (Å²) < 4.78 is 11.0. The first-order valence-electron chi connectivity index (χ1n) is 6.23. The maximum absolute atomic E-state index is 11.2. The van der Waals surface area contributed by atoms with E-state index in [1.54, 1.807) is 20.8 Å². The van der Waals surface area contributed by atoms with E-state index in [1.807, 2.05) is 0 Å². The first-order valence-corrected chi connectivity index (χ1v) is 6.23. The summed E-state index contributed by atoms with van der Waals surface area (Å²) in [6, 6.07) is -0.894. The highest BCUT2D eigenvalue weighted by Crippen LogP contribution is 2.25. The molecule has 0 aromatic heterocycles. The predicted octanol–water partition coefficient (Wildman–Crippen LogP) is -1.25. The minimum atomic E-state index is -1.29. The van der Waals surface area contributed by atoms with Gasteiger partial charge in [-0.1, -0.05) is 0 Å². The van der Waals surface area contributed by atoms with Crippen LogP contribution in [0.2, 0.25) is 0 Å². The largest absolute Gasteiger partial charge is 0.394 e. The number of aliphatic hydroxyl groups excluding tert-OH is 3. The van der Waals surface area contributed by atoms with Crippen molar-refractivity contribution in [3.8, 4) is 0 Å². The third-order valence-electron chi connectivity index (χ3n) is 2.72. The summed E-state index contributed by atoms with van der Waals surface area (Å²) in [6.07, 6.45) is -4.46. The normalized spacial score (nSPS) is 36.1. The van der Waals surface area contributed by atoms with Gasteiger partial charge in [0.25, 0.3) is 0 Å². The molecule has 0 spiro atoms. The zero-order valence-electron chi connectivity index (χ0n) is 11.7. The van der Waals surface area contributed by atoms with Crippen LogP contribution in [-0.2, 0) is 14.3 Å². The summed E-state index contributed by atoms with van der Waals surface area (Å²) in [5.74, 6) is -0.371. The highest BCUT2D eigenvalue weighted by molar-refractivity contribution is 5.73. The number of hydrogen-bond acceptors (Lipinski definition) is 6. The number of carbonyl (C=O) groups is 1. The van der Waals surface area contributed by atoms with E-state index in [0.717, 1.165) is 0 Å². The molecule has 1 aliphatic heterocycles. The smallest absolute Gasteiger partial charge is 0.217 e. The number of nitrogens with one attached hydrogen (secondary N) is 1. The SMILES string of the molecule is CC(=O)NC1C(O)[C@H](O)C(CO)O[C@H]1OC(C)(C)C. The van der Waals surface area contributed by atoms with Gasteiger partial charge in [-0.2, -0.15) is 0 Å². The molecule has 19 heavy (non-hydrogen) atoms. The van der Waals surface area contributed by atoms with E-state index < -0.39 is 42.9 Å². The van der Waals surface area contributed by atoms with Crippen LogP contribution in [0.3, 0.4) is 0 Å². The van der Waals surface area contributed by atoms with Crippen molar-refractivity contribution in [2.24, 2.45) is 0 Å². The monoisotopic (exact) mass is 277 g/mol. The molecule has 0 aliphatic carbocycles. The van der Waals surface area contributed by atoms with Crippen LogP contribution in [0, 0.1) is 0 Å². The molecule has 112 valence electrons. The van der Waals surface area contributed by atoms with Crippen molar-refractivity contribution in [3.05, 3.63) is 0 Å². The minimum absolute atomic E-state index is 0.371. The Hall–Kier alpha value is -0.730. The Morgan fingerprint density at radius 2 is 1.89 bits per heavy atom. The van der Waals surface area contributed by atoms with E-state index in [4.69, 9.17) is 14.6 Å². The van der Waals surface area contributed by atoms with Crippen LogP contribution in [0.15, 0.2) is 0 Å². The quantitative estimate of drug-likeness (QED) is 0.513. The molecule has 1 rings (SSSR count). The standard InChI is InChI=1S/C12H23NO6/c1-6(15)13-8-10(17)9(16)7(5-14)18-11(8)19-12(2,3)4/h7-11,14,16-17H,5H2,1-4H3,(H,13,15)/t7?,8?,9-,10?,11+/m1/s1. The van der Waals surface area contributed by atoms with Crippen molar-refractivity contribution in [1.82, 2.24) is 5.32 Å². The second-order valence-corrected chi connectivity index (χ2v) is 5.66. The fourth-order valence-corrected chi connectivity index (χ4v) is 1.92. The number of rotatable bonds is 3. The predicted molar refractivity (Wildman–Crippen MR) is 66.2 cm³/mol. The van der Waals surface area contributed by atoms with Gasteiger partial charge in [0, 0.05) is 6.92 Å². The second-order valence-electron chi connectivity index (χ2n) is 5.66. The van der Waals surface area contributed by atoms with Crippen LogP contribution >= 0.6 is 0 Å². The maximum atomic E-state index is 11.2. The van der Waals surface area contributed by atoms with Crippen LogP contribution < -0.4 is 5.32 Å². The second kappa shape index (κ2) is 6.15. The number of hydrogen-bond donors (Lipinski definition) is 4. The Labute approximate surface area is 112 Å². The van der Waals surface area contributed by atoms with Crippen LogP contribution in [0.25, 0.3) is 0 Å². The molecular formula is C12H23NO6. The zero-order chi connectivity index (χ0) is 14.8. The van der Waals surface area contributed by atoms with E-state index >= 15 is 0 Å². The molecular weight excluding hydrogens is 254 g/mol. The summed E-state index contributed by atoms with van der Waals surface area (Å²) in [5.41, 5.74) is -0.566. The molecule has 4 N–H and O–H groups in total. The Morgan fingerprint density at radius 1 is 1.32 bits per heavy atom. The molecule has 1 amide bonds. The maximum Gasteiger partial charge on any atom is 0.217 e. The minimum Gasteiger partial charge on any atom is -0.394 e. The van der Waals surface area contributed by atoms with Crippen LogP contribution in [0.4, 0.5) is 0 Å². The van der Waals surface area contributed by atoms with Crippen molar-refractivity contribution in [2.75, 3.05) is 6.61 Å². The Balaban J connectivity index is 2.89. The Kier molecular flexibility index (Phi) is 5.28. The highest BCUT2D eigenvalue weighted by Gasteiger charge is 2.46. The molecule has 0 bridgehead atoms. The van der Waals surface area contributed by atoms with Gasteiger partial charge < -0.3 is 30.1 Å². The van der Waals surface area contributed by atoms with Crippen molar-refractivity contribution in [2.45, 2.75) is 63.9 Å². The van der Waals surface area contributed by atoms with Gasteiger partial charge in [0.2, 0.25) is 5.91 Å². The van der Waals surface area contributed by atoms with Crippen molar-refractivity contribution < 1.29 is 29.6 Å². The third kappa shape index (κ3) is 4.39. The lowest BCUT2D eigenvalue weighted by molar-refractivity contribution is -0.292. The number of carbonyl (C=O) groups excluding carboxylic acids is 1. The number of amides is 1. The molecule has 0 aromatic carbocycles. The fraction of sp³-hybridized carbons (Fsp3) is 0.917. The van der Waals surface area contributed by atoms with Gasteiger partial charge in [-0.05, 0) is 20.8 Å². The van der Waals surface area contributed by atoms with Gasteiger partial charge >= 0.3 is 0 Å². The fourth-order valence-electron chi connectivity index (χ4n) is 1.92. The van der Waals surface area contributed by atoms with Crippen LogP contribution in [0.5, 0.6) is 0 Å². The molecule has 3 unspecified atom stereocenters. The lowest BCUT2D eigenvalue weighted by atomic mass is 9.96. The molecule has 5 atom stereocenters. The zero-order valence-corrected chi connectivity index (χ0v) is 11.7. The lowest BCUT2D eigenvalue weighted by Gasteiger charge is -2.44. The summed E-state index contributed by atoms with van der Waals surface area (Å²) in [4.78, 5) is 11.2. The molecule has 1 aliphatic rings. The molecule has 1 saturated heterocycles. The van der Waals surface area contributed by atoms with Crippen LogP contribution in [0.1, 0.15) is 27.7 Å². The van der Waals surface area contributed by atoms with Gasteiger partial charge in [0.05, 0.1) is 12.2 Å². The lowest BCUT2D eigenvalue weighted by Crippen LogP contribution is -2.65. The topological polar surface area (TPSA) is 108 Å². The number of ether oxygens (including phenoxy) is 2. The van der Waals surface area contributed by atoms with Gasteiger partial charge in [-0.15, -0.1) is 0 Å². The third-order valence-corrected chi connectivity index (χ3v) is 2.72. The summed E-state index contributed by atoms with van der Waals surface area (Å²) >= 11 is 0. The molecule has 7 nitrogen and oxygen atoms in total. The molecule has 0 radical (unpaired) electrons. The Bertz CT molecular complexity index is 316. The van der Waals surface area contributed by atoms with Crippen molar-refractivity contribution >= 4 is 5.91 Å². The van der Waals surface area contributed by atoms with Gasteiger partial charge in [-0.3, -0.25) is 4.79 Å². The average Bonchev–Trinajstić information content (AvgIpc) is 2.26. The summed E-state index contributed by atoms with van der Waals surface area (Å²) in [7, 11) is 0. The van der Waals surface area contributed by atoms with Crippen molar-refractivity contribution in [1.29, 1.82) is 0 Å². The van der Waals surface area contributed by atoms with Gasteiger partial charge in [0.15, 0.2) is 6.29 Å². The number of aliphatic hydroxyl groups is 3. The first kappa shape index (κ1) is 16.3. The van der Waals surface area contributed by atoms with Gasteiger partial charge in [0.1, 0.15) is 24.4 Å².